The Balaban J connectivity index is 1.56. The summed E-state index contributed by atoms with van der Waals surface area (Å²) in [5.74, 6) is -1.02. The maximum Gasteiger partial charge on any atom is 0.311 e. The number of nitrogens with zero attached hydrogens (tertiary/aromatic N) is 2. The molecule has 0 saturated carbocycles. The van der Waals surface area contributed by atoms with Gasteiger partial charge in [0.25, 0.3) is 5.91 Å². The van der Waals surface area contributed by atoms with Crippen molar-refractivity contribution in [3.63, 3.8) is 0 Å². The molecule has 1 saturated heterocycles. The van der Waals surface area contributed by atoms with Gasteiger partial charge in [0.2, 0.25) is 5.91 Å². The second-order valence-corrected chi connectivity index (χ2v) is 7.86. The first-order valence-corrected chi connectivity index (χ1v) is 9.82. The summed E-state index contributed by atoms with van der Waals surface area (Å²) in [6.07, 6.45) is -0.00318. The van der Waals surface area contributed by atoms with Gasteiger partial charge in [0, 0.05) is 24.7 Å². The number of benzene rings is 1. The molecule has 3 rings (SSSR count). The SMILES string of the molecule is CC(C)[C@](C)(C#N)NC(=O)COC(=O)[C@@H]1CC(=O)N(c2ccc3c(c2)OCCO3)C1. The highest BCUT2D eigenvalue weighted by atomic mass is 16.6. The minimum absolute atomic E-state index is 0.00318. The number of ether oxygens (including phenoxy) is 3. The molecule has 0 bridgehead atoms. The second-order valence-electron chi connectivity index (χ2n) is 7.86. The van der Waals surface area contributed by atoms with Crippen LogP contribution in [-0.4, -0.2) is 49.7 Å². The van der Waals surface area contributed by atoms with E-state index in [2.05, 4.69) is 11.4 Å². The molecule has 2 atom stereocenters. The maximum atomic E-state index is 12.4. The van der Waals surface area contributed by atoms with Crippen LogP contribution in [-0.2, 0) is 19.1 Å². The molecule has 2 amide bonds. The Hall–Kier alpha value is -3.28. The third-order valence-electron chi connectivity index (χ3n) is 5.43. The minimum Gasteiger partial charge on any atom is -0.486 e. The van der Waals surface area contributed by atoms with Crippen LogP contribution in [0.15, 0.2) is 18.2 Å². The number of fused-ring (bicyclic) bond motifs is 1. The highest BCUT2D eigenvalue weighted by Gasteiger charge is 2.37. The van der Waals surface area contributed by atoms with E-state index < -0.39 is 29.9 Å². The lowest BCUT2D eigenvalue weighted by Crippen LogP contribution is -2.50. The quantitative estimate of drug-likeness (QED) is 0.698. The molecular weight excluding hydrogens is 390 g/mol. The van der Waals surface area contributed by atoms with Crippen LogP contribution in [0.1, 0.15) is 27.2 Å². The van der Waals surface area contributed by atoms with E-state index in [0.29, 0.717) is 30.4 Å². The number of hydrogen-bond donors (Lipinski definition) is 1. The minimum atomic E-state index is -1.05. The first-order valence-electron chi connectivity index (χ1n) is 9.82. The van der Waals surface area contributed by atoms with E-state index in [9.17, 15) is 19.6 Å². The zero-order valence-electron chi connectivity index (χ0n) is 17.3. The Kier molecular flexibility index (Phi) is 6.15. The van der Waals surface area contributed by atoms with Gasteiger partial charge >= 0.3 is 5.97 Å². The predicted octanol–water partition coefficient (Wildman–Crippen LogP) is 1.41. The van der Waals surface area contributed by atoms with Gasteiger partial charge in [-0.2, -0.15) is 5.26 Å². The molecule has 2 aliphatic heterocycles. The van der Waals surface area contributed by atoms with Crippen molar-refractivity contribution in [2.45, 2.75) is 32.7 Å². The molecule has 1 aromatic carbocycles. The number of carbonyl (C=O) groups is 3. The van der Waals surface area contributed by atoms with Crippen molar-refractivity contribution in [1.82, 2.24) is 5.32 Å². The highest BCUT2D eigenvalue weighted by Crippen LogP contribution is 2.36. The van der Waals surface area contributed by atoms with Crippen LogP contribution in [0.5, 0.6) is 11.5 Å². The van der Waals surface area contributed by atoms with Gasteiger partial charge in [0.05, 0.1) is 12.0 Å². The first-order chi connectivity index (χ1) is 14.2. The van der Waals surface area contributed by atoms with E-state index >= 15 is 0 Å². The summed E-state index contributed by atoms with van der Waals surface area (Å²) < 4.78 is 16.1. The van der Waals surface area contributed by atoms with Gasteiger partial charge in [-0.25, -0.2) is 0 Å². The average molecular weight is 415 g/mol. The van der Waals surface area contributed by atoms with E-state index in [0.717, 1.165) is 0 Å². The summed E-state index contributed by atoms with van der Waals surface area (Å²) in [7, 11) is 0. The van der Waals surface area contributed by atoms with Gasteiger partial charge in [-0.3, -0.25) is 14.4 Å². The highest BCUT2D eigenvalue weighted by molar-refractivity contribution is 6.00. The first kappa shape index (κ1) is 21.4. The molecule has 0 radical (unpaired) electrons. The van der Waals surface area contributed by atoms with Crippen molar-refractivity contribution >= 4 is 23.5 Å². The van der Waals surface area contributed by atoms with Gasteiger partial charge in [0.1, 0.15) is 18.8 Å². The van der Waals surface area contributed by atoms with Gasteiger partial charge < -0.3 is 24.4 Å². The van der Waals surface area contributed by atoms with Gasteiger partial charge in [-0.15, -0.1) is 0 Å². The van der Waals surface area contributed by atoms with Crippen molar-refractivity contribution in [3.8, 4) is 17.6 Å². The molecule has 1 N–H and O–H groups in total. The van der Waals surface area contributed by atoms with Crippen LogP contribution in [0.2, 0.25) is 0 Å². The Morgan fingerprint density at radius 1 is 1.33 bits per heavy atom. The van der Waals surface area contributed by atoms with Crippen LogP contribution in [0.3, 0.4) is 0 Å². The van der Waals surface area contributed by atoms with Crippen molar-refractivity contribution in [2.75, 3.05) is 31.3 Å². The van der Waals surface area contributed by atoms with E-state index in [-0.39, 0.29) is 24.8 Å². The zero-order valence-corrected chi connectivity index (χ0v) is 17.3. The Morgan fingerprint density at radius 3 is 2.70 bits per heavy atom. The summed E-state index contributed by atoms with van der Waals surface area (Å²) in [6, 6.07) is 7.24. The third-order valence-corrected chi connectivity index (χ3v) is 5.43. The molecule has 2 aliphatic rings. The predicted molar refractivity (Wildman–Crippen MR) is 106 cm³/mol. The fourth-order valence-corrected chi connectivity index (χ4v) is 3.20. The summed E-state index contributed by atoms with van der Waals surface area (Å²) in [5, 5.41) is 11.8. The number of nitrogens with one attached hydrogen (secondary N) is 1. The van der Waals surface area contributed by atoms with Crippen LogP contribution < -0.4 is 19.7 Å². The molecule has 0 unspecified atom stereocenters. The third kappa shape index (κ3) is 4.48. The summed E-state index contributed by atoms with van der Waals surface area (Å²) in [4.78, 5) is 38.4. The molecule has 9 nitrogen and oxygen atoms in total. The standard InChI is InChI=1S/C21H25N3O6/c1-13(2)21(3,12-22)23-18(25)11-30-20(27)14-8-19(26)24(10-14)15-4-5-16-17(9-15)29-7-6-28-16/h4-5,9,13-14H,6-8,10-11H2,1-3H3,(H,23,25)/t14-,21+/m1/s1. The smallest absolute Gasteiger partial charge is 0.311 e. The second kappa shape index (κ2) is 8.61. The Morgan fingerprint density at radius 2 is 2.03 bits per heavy atom. The average Bonchev–Trinajstić information content (AvgIpc) is 3.13. The Bertz CT molecular complexity index is 893. The number of anilines is 1. The lowest BCUT2D eigenvalue weighted by molar-refractivity contribution is -0.152. The monoisotopic (exact) mass is 415 g/mol. The van der Waals surface area contributed by atoms with Crippen molar-refractivity contribution in [3.05, 3.63) is 18.2 Å². The van der Waals surface area contributed by atoms with Gasteiger partial charge in [-0.05, 0) is 25.0 Å². The maximum absolute atomic E-state index is 12.4. The Labute approximate surface area is 174 Å². The molecule has 0 aromatic heterocycles. The number of rotatable bonds is 6. The molecule has 30 heavy (non-hydrogen) atoms. The molecule has 0 spiro atoms. The number of esters is 1. The topological polar surface area (TPSA) is 118 Å². The van der Waals surface area contributed by atoms with Gasteiger partial charge in [0.15, 0.2) is 18.1 Å². The summed E-state index contributed by atoms with van der Waals surface area (Å²) in [6.45, 7) is 5.79. The fourth-order valence-electron chi connectivity index (χ4n) is 3.20. The van der Waals surface area contributed by atoms with E-state index in [1.54, 1.807) is 25.1 Å². The lowest BCUT2D eigenvalue weighted by atomic mass is 9.90. The summed E-state index contributed by atoms with van der Waals surface area (Å²) >= 11 is 0. The molecule has 0 aliphatic carbocycles. The summed E-state index contributed by atoms with van der Waals surface area (Å²) in [5.41, 5.74) is -0.444. The molecule has 1 fully saturated rings. The van der Waals surface area contributed by atoms with E-state index in [4.69, 9.17) is 14.2 Å². The molecule has 1 aromatic rings. The number of nitriles is 1. The zero-order chi connectivity index (χ0) is 21.9. The van der Waals surface area contributed by atoms with Crippen molar-refractivity contribution in [1.29, 1.82) is 5.26 Å². The normalized spacial score (nSPS) is 19.8. The largest absolute Gasteiger partial charge is 0.486 e. The lowest BCUT2D eigenvalue weighted by Gasteiger charge is -2.27. The number of hydrogen-bond acceptors (Lipinski definition) is 7. The van der Waals surface area contributed by atoms with Crippen LogP contribution in [0.4, 0.5) is 5.69 Å². The number of carbonyl (C=O) groups excluding carboxylic acids is 3. The van der Waals surface area contributed by atoms with Gasteiger partial charge in [-0.1, -0.05) is 13.8 Å². The number of amides is 2. The van der Waals surface area contributed by atoms with Crippen molar-refractivity contribution in [2.24, 2.45) is 11.8 Å². The molecule has 2 heterocycles. The molecular formula is C21H25N3O6. The molecule has 9 heteroatoms. The van der Waals surface area contributed by atoms with E-state index in [1.165, 1.54) is 4.90 Å². The van der Waals surface area contributed by atoms with E-state index in [1.807, 2.05) is 13.8 Å². The van der Waals surface area contributed by atoms with Crippen molar-refractivity contribution < 1.29 is 28.6 Å². The fraction of sp³-hybridized carbons (Fsp3) is 0.524. The van der Waals surface area contributed by atoms with Crippen LogP contribution in [0, 0.1) is 23.2 Å². The molecule has 160 valence electrons. The van der Waals surface area contributed by atoms with Crippen LogP contribution >= 0.6 is 0 Å². The van der Waals surface area contributed by atoms with Crippen LogP contribution in [0.25, 0.3) is 0 Å².